The van der Waals surface area contributed by atoms with Crippen molar-refractivity contribution < 1.29 is 16.5 Å². The smallest absolute Gasteiger partial charge is 0.286 e. The van der Waals surface area contributed by atoms with E-state index >= 15 is 0 Å². The van der Waals surface area contributed by atoms with E-state index in [1.807, 2.05) is 6.92 Å². The Kier molecular flexibility index (Phi) is 10.9. The fraction of sp³-hybridized carbons (Fsp3) is 0.333. The average molecular weight is 226 g/mol. The van der Waals surface area contributed by atoms with Gasteiger partial charge in [0.2, 0.25) is 0 Å². The van der Waals surface area contributed by atoms with Gasteiger partial charge in [-0.15, -0.1) is 6.58 Å². The van der Waals surface area contributed by atoms with E-state index in [0.29, 0.717) is 0 Å². The molecule has 0 bridgehead atoms. The van der Waals surface area contributed by atoms with Gasteiger partial charge >= 0.3 is 0 Å². The largest absolute Gasteiger partial charge is 0.425 e. The molecule has 66 valence electrons. The highest BCUT2D eigenvalue weighted by Gasteiger charge is 1.97. The maximum Gasteiger partial charge on any atom is 0.286 e. The normalized spacial score (nSPS) is 27.4. The molecule has 1 heterocycles. The Hall–Kier alpha value is 0.448. The minimum absolute atomic E-state index is 0.653. The molecule has 1 aliphatic heterocycles. The second-order valence-electron chi connectivity index (χ2n) is 1.70. The predicted molar refractivity (Wildman–Crippen MR) is 54.4 cm³/mol. The second kappa shape index (κ2) is 10.4. The fourth-order valence-corrected chi connectivity index (χ4v) is 7.59. The van der Waals surface area contributed by atoms with Gasteiger partial charge in [0.15, 0.2) is 0 Å². The summed E-state index contributed by atoms with van der Waals surface area (Å²) in [5.41, 5.74) is 0. The molecule has 0 aromatic carbocycles. The molecule has 0 aromatic rings. The highest BCUT2D eigenvalue weighted by molar-refractivity contribution is 6.50. The van der Waals surface area contributed by atoms with Crippen LogP contribution >= 0.6 is 0 Å². The van der Waals surface area contributed by atoms with Crippen LogP contribution in [0.2, 0.25) is 0 Å². The molecule has 1 saturated heterocycles. The van der Waals surface area contributed by atoms with Crippen molar-refractivity contribution in [3.8, 4) is 0 Å². The molecule has 0 aromatic heterocycles. The standard InChI is InChI=1S/C3H6.H8O4Si4/c1-3-2;1-5-2-7-4-8-3-6-1/h3H,1H2,2H3;5-8H2. The highest BCUT2D eigenvalue weighted by atomic mass is 28.4. The summed E-state index contributed by atoms with van der Waals surface area (Å²) in [6.45, 7) is 5.25. The molecule has 8 heteroatoms. The topological polar surface area (TPSA) is 36.9 Å². The Morgan fingerprint density at radius 1 is 0.909 bits per heavy atom. The number of allylic oxidation sites excluding steroid dienone is 1. The van der Waals surface area contributed by atoms with E-state index in [1.165, 1.54) is 0 Å². The molecule has 0 radical (unpaired) electrons. The lowest BCUT2D eigenvalue weighted by Gasteiger charge is -2.10. The molecule has 11 heavy (non-hydrogen) atoms. The van der Waals surface area contributed by atoms with E-state index in [2.05, 4.69) is 6.58 Å². The summed E-state index contributed by atoms with van der Waals surface area (Å²) >= 11 is 0. The van der Waals surface area contributed by atoms with Gasteiger partial charge in [0.25, 0.3) is 40.0 Å². The summed E-state index contributed by atoms with van der Waals surface area (Å²) in [6.07, 6.45) is 1.75. The zero-order valence-corrected chi connectivity index (χ0v) is 12.4. The second-order valence-corrected chi connectivity index (χ2v) is 9.17. The van der Waals surface area contributed by atoms with Gasteiger partial charge in [-0.2, -0.15) is 0 Å². The van der Waals surface area contributed by atoms with Gasteiger partial charge in [-0.25, -0.2) is 0 Å². The number of hydrogen-bond donors (Lipinski definition) is 0. The van der Waals surface area contributed by atoms with Gasteiger partial charge in [-0.1, -0.05) is 6.08 Å². The Morgan fingerprint density at radius 2 is 1.09 bits per heavy atom. The Morgan fingerprint density at radius 3 is 1.27 bits per heavy atom. The number of hydrogen-bond acceptors (Lipinski definition) is 4. The first kappa shape index (κ1) is 11.4. The maximum absolute atomic E-state index is 5.10. The molecule has 4 nitrogen and oxygen atoms in total. The zero-order valence-electron chi connectivity index (χ0n) is 6.75. The quantitative estimate of drug-likeness (QED) is 0.332. The van der Waals surface area contributed by atoms with Crippen molar-refractivity contribution >= 4 is 40.0 Å². The lowest BCUT2D eigenvalue weighted by Crippen LogP contribution is -2.23. The van der Waals surface area contributed by atoms with Crippen LogP contribution in [-0.2, 0) is 16.5 Å². The van der Waals surface area contributed by atoms with Crippen molar-refractivity contribution in [2.45, 2.75) is 6.92 Å². The Labute approximate surface area is 76.5 Å². The van der Waals surface area contributed by atoms with Gasteiger partial charge < -0.3 is 16.5 Å². The third-order valence-corrected chi connectivity index (χ3v) is 6.00. The monoisotopic (exact) mass is 226 g/mol. The first-order chi connectivity index (χ1) is 5.41. The summed E-state index contributed by atoms with van der Waals surface area (Å²) in [5.74, 6) is 0. The lowest BCUT2D eigenvalue weighted by molar-refractivity contribution is 0.347. The van der Waals surface area contributed by atoms with Gasteiger partial charge in [0, 0.05) is 0 Å². The zero-order chi connectivity index (χ0) is 8.36. The molecular weight excluding hydrogens is 212 g/mol. The molecular formula is C3H14O4Si4. The SMILES string of the molecule is C=CC.O1[SiH2]O[SiH2]O[SiH2]O[SiH2]1. The molecule has 0 amide bonds. The molecule has 0 N–H and O–H groups in total. The molecule has 0 atom stereocenters. The van der Waals surface area contributed by atoms with Crippen LogP contribution in [0.4, 0.5) is 0 Å². The van der Waals surface area contributed by atoms with E-state index in [1.54, 1.807) is 6.08 Å². The maximum atomic E-state index is 5.10. The van der Waals surface area contributed by atoms with Crippen LogP contribution in [-0.4, -0.2) is 40.0 Å². The summed E-state index contributed by atoms with van der Waals surface area (Å²) in [7, 11) is -2.61. The van der Waals surface area contributed by atoms with Crippen molar-refractivity contribution in [2.24, 2.45) is 0 Å². The van der Waals surface area contributed by atoms with Crippen LogP contribution in [0, 0.1) is 0 Å². The summed E-state index contributed by atoms with van der Waals surface area (Å²) < 4.78 is 20.4. The van der Waals surface area contributed by atoms with Crippen LogP contribution in [0.5, 0.6) is 0 Å². The van der Waals surface area contributed by atoms with Gasteiger partial charge in [-0.05, 0) is 6.92 Å². The summed E-state index contributed by atoms with van der Waals surface area (Å²) in [6, 6.07) is 0. The van der Waals surface area contributed by atoms with Gasteiger partial charge in [0.1, 0.15) is 0 Å². The summed E-state index contributed by atoms with van der Waals surface area (Å²) in [5, 5.41) is 0. The molecule has 1 rings (SSSR count). The van der Waals surface area contributed by atoms with E-state index in [4.69, 9.17) is 16.5 Å². The van der Waals surface area contributed by atoms with E-state index in [-0.39, 0.29) is 0 Å². The minimum Gasteiger partial charge on any atom is -0.425 e. The Bertz CT molecular complexity index is 67.4. The minimum atomic E-state index is -0.653. The summed E-state index contributed by atoms with van der Waals surface area (Å²) in [4.78, 5) is 0. The van der Waals surface area contributed by atoms with Crippen LogP contribution < -0.4 is 0 Å². The third kappa shape index (κ3) is 10.4. The molecule has 1 aliphatic rings. The molecule has 0 aliphatic carbocycles. The average Bonchev–Trinajstić information content (AvgIpc) is 1.86. The van der Waals surface area contributed by atoms with Crippen LogP contribution in [0.15, 0.2) is 12.7 Å². The first-order valence-corrected chi connectivity index (χ1v) is 7.91. The lowest BCUT2D eigenvalue weighted by atomic mass is 10.8. The fourth-order valence-electron chi connectivity index (χ4n) is 0.372. The third-order valence-electron chi connectivity index (χ3n) is 0.667. The number of rotatable bonds is 0. The van der Waals surface area contributed by atoms with Crippen molar-refractivity contribution in [3.05, 3.63) is 12.7 Å². The van der Waals surface area contributed by atoms with Crippen LogP contribution in [0.25, 0.3) is 0 Å². The van der Waals surface area contributed by atoms with Crippen molar-refractivity contribution in [2.75, 3.05) is 0 Å². The van der Waals surface area contributed by atoms with Crippen LogP contribution in [0.3, 0.4) is 0 Å². The van der Waals surface area contributed by atoms with Crippen LogP contribution in [0.1, 0.15) is 6.92 Å². The molecule has 0 unspecified atom stereocenters. The van der Waals surface area contributed by atoms with Gasteiger partial charge in [-0.3, -0.25) is 0 Å². The first-order valence-electron chi connectivity index (χ1n) is 3.29. The highest BCUT2D eigenvalue weighted by Crippen LogP contribution is 1.79. The molecule has 0 spiro atoms. The Balaban J connectivity index is 0.000000292. The van der Waals surface area contributed by atoms with E-state index in [9.17, 15) is 0 Å². The molecule has 1 fully saturated rings. The van der Waals surface area contributed by atoms with Crippen molar-refractivity contribution in [1.82, 2.24) is 0 Å². The van der Waals surface area contributed by atoms with Gasteiger partial charge in [0.05, 0.1) is 0 Å². The van der Waals surface area contributed by atoms with E-state index in [0.717, 1.165) is 0 Å². The van der Waals surface area contributed by atoms with Crippen molar-refractivity contribution in [1.29, 1.82) is 0 Å². The van der Waals surface area contributed by atoms with Crippen molar-refractivity contribution in [3.63, 3.8) is 0 Å². The molecule has 0 saturated carbocycles. The van der Waals surface area contributed by atoms with E-state index < -0.39 is 40.0 Å². The predicted octanol–water partition coefficient (Wildman–Crippen LogP) is -2.75.